The smallest absolute Gasteiger partial charge is 0.234 e. The molecule has 1 aromatic rings. The van der Waals surface area contributed by atoms with Crippen LogP contribution in [0.3, 0.4) is 0 Å². The number of benzene rings is 1. The second-order valence-electron chi connectivity index (χ2n) is 3.73. The molecule has 1 N–H and O–H groups in total. The fourth-order valence-electron chi connectivity index (χ4n) is 1.39. The first-order valence-electron chi connectivity index (χ1n) is 5.91. The van der Waals surface area contributed by atoms with Gasteiger partial charge in [0.05, 0.1) is 20.0 Å². The second-order valence-corrected chi connectivity index (χ2v) is 4.76. The van der Waals surface area contributed by atoms with Gasteiger partial charge >= 0.3 is 0 Å². The summed E-state index contributed by atoms with van der Waals surface area (Å²) in [5, 5.41) is 2.82. The minimum atomic E-state index is -0.0372. The maximum atomic E-state index is 11.7. The van der Waals surface area contributed by atoms with Crippen LogP contribution >= 0.6 is 11.8 Å². The van der Waals surface area contributed by atoms with E-state index in [9.17, 15) is 4.79 Å². The summed E-state index contributed by atoms with van der Waals surface area (Å²) >= 11 is 1.56. The number of nitrogens with one attached hydrogen (secondary N) is 1. The van der Waals surface area contributed by atoms with E-state index < -0.39 is 0 Å². The number of thioether (sulfide) groups is 1. The van der Waals surface area contributed by atoms with E-state index in [4.69, 9.17) is 9.47 Å². The summed E-state index contributed by atoms with van der Waals surface area (Å²) in [5.41, 5.74) is 0.674. The van der Waals surface area contributed by atoms with Gasteiger partial charge in [-0.05, 0) is 6.92 Å². The van der Waals surface area contributed by atoms with E-state index in [1.807, 2.05) is 19.1 Å². The molecule has 0 aliphatic carbocycles. The fraction of sp³-hybridized carbons (Fsp3) is 0.357. The number of carbonyl (C=O) groups excluding carboxylic acids is 1. The number of methoxy groups -OCH3 is 2. The Labute approximate surface area is 118 Å². The van der Waals surface area contributed by atoms with Crippen molar-refractivity contribution < 1.29 is 14.3 Å². The molecule has 0 bridgehead atoms. The molecule has 0 heterocycles. The topological polar surface area (TPSA) is 47.6 Å². The molecule has 0 radical (unpaired) electrons. The first kappa shape index (κ1) is 15.4. The summed E-state index contributed by atoms with van der Waals surface area (Å²) in [6.07, 6.45) is 3.99. The Morgan fingerprint density at radius 1 is 1.26 bits per heavy atom. The third-order valence-corrected chi connectivity index (χ3v) is 3.21. The van der Waals surface area contributed by atoms with Gasteiger partial charge in [-0.2, -0.15) is 0 Å². The summed E-state index contributed by atoms with van der Waals surface area (Å²) in [7, 11) is 3.15. The molecule has 0 atom stereocenters. The molecule has 1 rings (SSSR count). The lowest BCUT2D eigenvalue weighted by atomic mass is 10.2. The van der Waals surface area contributed by atoms with Gasteiger partial charge in [-0.1, -0.05) is 12.2 Å². The van der Waals surface area contributed by atoms with Gasteiger partial charge in [-0.3, -0.25) is 4.79 Å². The highest BCUT2D eigenvalue weighted by Gasteiger charge is 2.05. The Morgan fingerprint density at radius 2 is 1.89 bits per heavy atom. The van der Waals surface area contributed by atoms with Crippen LogP contribution in [0.4, 0.5) is 5.69 Å². The Balaban J connectivity index is 2.57. The number of allylic oxidation sites excluding steroid dienone is 1. The zero-order valence-corrected chi connectivity index (χ0v) is 12.3. The van der Waals surface area contributed by atoms with E-state index in [2.05, 4.69) is 5.32 Å². The second kappa shape index (κ2) is 8.48. The fourth-order valence-corrected chi connectivity index (χ4v) is 2.10. The number of hydrogen-bond donors (Lipinski definition) is 1. The molecule has 0 spiro atoms. The predicted molar refractivity (Wildman–Crippen MR) is 80.3 cm³/mol. The molecular weight excluding hydrogens is 262 g/mol. The Kier molecular flexibility index (Phi) is 6.89. The van der Waals surface area contributed by atoms with E-state index in [-0.39, 0.29) is 5.91 Å². The van der Waals surface area contributed by atoms with E-state index in [1.54, 1.807) is 44.2 Å². The number of rotatable bonds is 7. The Hall–Kier alpha value is -1.62. The van der Waals surface area contributed by atoms with Crippen molar-refractivity contribution >= 4 is 23.4 Å². The number of carbonyl (C=O) groups is 1. The molecule has 0 saturated heterocycles. The zero-order valence-electron chi connectivity index (χ0n) is 11.4. The van der Waals surface area contributed by atoms with Gasteiger partial charge in [0.1, 0.15) is 11.5 Å². The van der Waals surface area contributed by atoms with Crippen molar-refractivity contribution in [3.63, 3.8) is 0 Å². The van der Waals surface area contributed by atoms with Gasteiger partial charge in [-0.25, -0.2) is 0 Å². The van der Waals surface area contributed by atoms with Gasteiger partial charge < -0.3 is 14.8 Å². The lowest BCUT2D eigenvalue weighted by Crippen LogP contribution is -2.14. The first-order valence-corrected chi connectivity index (χ1v) is 7.07. The highest BCUT2D eigenvalue weighted by atomic mass is 32.2. The van der Waals surface area contributed by atoms with Crippen LogP contribution in [0.15, 0.2) is 30.4 Å². The summed E-state index contributed by atoms with van der Waals surface area (Å²) in [5.74, 6) is 2.52. The molecule has 104 valence electrons. The normalized spacial score (nSPS) is 10.5. The maximum absolute atomic E-state index is 11.7. The van der Waals surface area contributed by atoms with Crippen LogP contribution in [0.1, 0.15) is 6.92 Å². The summed E-state index contributed by atoms with van der Waals surface area (Å²) in [6, 6.07) is 5.28. The van der Waals surface area contributed by atoms with Crippen molar-refractivity contribution in [1.82, 2.24) is 0 Å². The average Bonchev–Trinajstić information content (AvgIpc) is 2.43. The molecule has 0 aromatic heterocycles. The van der Waals surface area contributed by atoms with Crippen LogP contribution in [-0.4, -0.2) is 31.6 Å². The summed E-state index contributed by atoms with van der Waals surface area (Å²) in [4.78, 5) is 11.7. The number of amides is 1. The van der Waals surface area contributed by atoms with E-state index in [0.29, 0.717) is 22.9 Å². The molecular formula is C14H19NO3S. The summed E-state index contributed by atoms with van der Waals surface area (Å²) in [6.45, 7) is 1.96. The van der Waals surface area contributed by atoms with Crippen LogP contribution in [0.5, 0.6) is 11.5 Å². The predicted octanol–water partition coefficient (Wildman–Crippen LogP) is 2.95. The molecule has 4 nitrogen and oxygen atoms in total. The Morgan fingerprint density at radius 3 is 2.42 bits per heavy atom. The molecule has 0 saturated carbocycles. The molecule has 0 fully saturated rings. The molecule has 0 aliphatic rings. The highest BCUT2D eigenvalue weighted by molar-refractivity contribution is 8.00. The van der Waals surface area contributed by atoms with E-state index >= 15 is 0 Å². The minimum Gasteiger partial charge on any atom is -0.497 e. The summed E-state index contributed by atoms with van der Waals surface area (Å²) < 4.78 is 10.3. The lowest BCUT2D eigenvalue weighted by Gasteiger charge is -2.09. The number of ether oxygens (including phenoxy) is 2. The zero-order chi connectivity index (χ0) is 14.1. The largest absolute Gasteiger partial charge is 0.497 e. The molecule has 0 unspecified atom stereocenters. The Bertz CT molecular complexity index is 424. The standard InChI is InChI=1S/C14H19NO3S/c1-4-5-6-19-10-14(16)15-11-7-12(17-2)9-13(8-11)18-3/h4-5,7-9H,6,10H2,1-3H3,(H,15,16). The third-order valence-electron chi connectivity index (χ3n) is 2.32. The minimum absolute atomic E-state index is 0.0372. The van der Waals surface area contributed by atoms with Crippen LogP contribution < -0.4 is 14.8 Å². The third kappa shape index (κ3) is 5.70. The van der Waals surface area contributed by atoms with Crippen molar-refractivity contribution in [3.8, 4) is 11.5 Å². The number of hydrogen-bond acceptors (Lipinski definition) is 4. The van der Waals surface area contributed by atoms with Gasteiger partial charge in [0.25, 0.3) is 0 Å². The van der Waals surface area contributed by atoms with Crippen LogP contribution in [0.25, 0.3) is 0 Å². The molecule has 1 aromatic carbocycles. The van der Waals surface area contributed by atoms with Crippen molar-refractivity contribution in [2.45, 2.75) is 6.92 Å². The van der Waals surface area contributed by atoms with Crippen molar-refractivity contribution in [1.29, 1.82) is 0 Å². The molecule has 1 amide bonds. The SMILES string of the molecule is CC=CCSCC(=O)Nc1cc(OC)cc(OC)c1. The van der Waals surface area contributed by atoms with Crippen LogP contribution in [-0.2, 0) is 4.79 Å². The van der Waals surface area contributed by atoms with Crippen molar-refractivity contribution in [2.75, 3.05) is 31.0 Å². The first-order chi connectivity index (χ1) is 9.19. The van der Waals surface area contributed by atoms with E-state index in [1.165, 1.54) is 0 Å². The quantitative estimate of drug-likeness (QED) is 0.616. The van der Waals surface area contributed by atoms with Gasteiger partial charge in [0.15, 0.2) is 0 Å². The molecule has 0 aliphatic heterocycles. The van der Waals surface area contributed by atoms with Gasteiger partial charge in [-0.15, -0.1) is 11.8 Å². The highest BCUT2D eigenvalue weighted by Crippen LogP contribution is 2.25. The average molecular weight is 281 g/mol. The van der Waals surface area contributed by atoms with E-state index in [0.717, 1.165) is 5.75 Å². The monoisotopic (exact) mass is 281 g/mol. The van der Waals surface area contributed by atoms with Crippen molar-refractivity contribution in [3.05, 3.63) is 30.4 Å². The van der Waals surface area contributed by atoms with Gasteiger partial charge in [0.2, 0.25) is 5.91 Å². The van der Waals surface area contributed by atoms with Crippen LogP contribution in [0.2, 0.25) is 0 Å². The molecule has 19 heavy (non-hydrogen) atoms. The van der Waals surface area contributed by atoms with Crippen molar-refractivity contribution in [2.24, 2.45) is 0 Å². The van der Waals surface area contributed by atoms with Crippen LogP contribution in [0, 0.1) is 0 Å². The maximum Gasteiger partial charge on any atom is 0.234 e. The lowest BCUT2D eigenvalue weighted by molar-refractivity contribution is -0.113. The van der Waals surface area contributed by atoms with Gasteiger partial charge in [0, 0.05) is 29.6 Å². The molecule has 5 heteroatoms. The number of anilines is 1.